The first-order chi connectivity index (χ1) is 42.6. The molecule has 404 valence electrons. The van der Waals surface area contributed by atoms with Crippen LogP contribution in [0.15, 0.2) is 297 Å². The van der Waals surface area contributed by atoms with Gasteiger partial charge in [-0.15, -0.1) is 0 Å². The number of anilines is 6. The first-order valence-electron chi connectivity index (χ1n) is 29.0. The molecule has 0 fully saturated rings. The van der Waals surface area contributed by atoms with E-state index in [2.05, 4.69) is 202 Å². The number of benzene rings is 12. The minimum Gasteiger partial charge on any atom is -0.457 e. The summed E-state index contributed by atoms with van der Waals surface area (Å²) in [5.74, 6) is 1.25. The Morgan fingerprint density at radius 2 is 0.872 bits per heavy atom. The number of esters is 1. The van der Waals surface area contributed by atoms with Crippen molar-refractivity contribution in [3.8, 4) is 62.1 Å². The van der Waals surface area contributed by atoms with Crippen molar-refractivity contribution < 1.29 is 9.53 Å². The van der Waals surface area contributed by atoms with Gasteiger partial charge in [-0.3, -0.25) is 0 Å². The highest BCUT2D eigenvalue weighted by Gasteiger charge is 2.44. The Morgan fingerprint density at radius 3 is 1.53 bits per heavy atom. The third-order valence-corrected chi connectivity index (χ3v) is 16.8. The van der Waals surface area contributed by atoms with Crippen LogP contribution in [0.3, 0.4) is 0 Å². The van der Waals surface area contributed by atoms with Crippen LogP contribution in [0.2, 0.25) is 0 Å². The van der Waals surface area contributed by atoms with Crippen molar-refractivity contribution in [3.05, 3.63) is 308 Å². The minimum absolute atomic E-state index is 0.0535. The van der Waals surface area contributed by atoms with E-state index in [9.17, 15) is 4.79 Å². The molecule has 0 bridgehead atoms. The zero-order valence-corrected chi connectivity index (χ0v) is 46.6. The topological polar surface area (TPSA) is 76.4 Å². The number of para-hydroxylation sites is 6. The summed E-state index contributed by atoms with van der Waals surface area (Å²) in [6, 6.07) is 104. The molecule has 0 unspecified atom stereocenters. The van der Waals surface area contributed by atoms with Gasteiger partial charge in [-0.1, -0.05) is 218 Å². The van der Waals surface area contributed by atoms with Crippen LogP contribution in [0.25, 0.3) is 83.9 Å². The molecule has 2 aliphatic heterocycles. The van der Waals surface area contributed by atoms with Crippen LogP contribution in [0.4, 0.5) is 34.1 Å². The predicted molar refractivity (Wildman–Crippen MR) is 351 cm³/mol. The smallest absolute Gasteiger partial charge is 0.338 e. The zero-order chi connectivity index (χ0) is 57.1. The SMILES string of the molecule is O=C(OCc1ccccc1)c1ccc2c(c1)c1ccccc1n2-c1c(-c2cccc(-c3ccc4c5c3N(c3ccccc3)c3ccccc3B5c3ccccc3N4c3ccccc3)c2)cccc1-c1nc(-c2ccccc2)nc(-c2ccccc2)n1. The number of hydrogen-bond acceptors (Lipinski definition) is 7. The molecule has 0 radical (unpaired) electrons. The number of carbonyl (C=O) groups is 1. The molecule has 0 spiro atoms. The third-order valence-electron chi connectivity index (χ3n) is 16.8. The Balaban J connectivity index is 0.942. The summed E-state index contributed by atoms with van der Waals surface area (Å²) < 4.78 is 8.26. The van der Waals surface area contributed by atoms with Gasteiger partial charge in [-0.2, -0.15) is 0 Å². The Hall–Kier alpha value is -11.4. The van der Waals surface area contributed by atoms with Gasteiger partial charge in [0.1, 0.15) is 6.61 Å². The summed E-state index contributed by atoms with van der Waals surface area (Å²) in [6.07, 6.45) is 0. The molecule has 0 amide bonds. The number of ether oxygens (including phenoxy) is 1. The van der Waals surface area contributed by atoms with Crippen molar-refractivity contribution >= 4 is 85.0 Å². The van der Waals surface area contributed by atoms with E-state index < -0.39 is 5.97 Å². The Bertz CT molecular complexity index is 4850. The highest BCUT2D eigenvalue weighted by molar-refractivity contribution is 7.00. The normalized spacial score (nSPS) is 12.2. The van der Waals surface area contributed by atoms with Crippen LogP contribution in [0.1, 0.15) is 15.9 Å². The molecule has 9 heteroatoms. The summed E-state index contributed by atoms with van der Waals surface area (Å²) in [7, 11) is 0. The van der Waals surface area contributed by atoms with E-state index in [-0.39, 0.29) is 13.3 Å². The summed E-state index contributed by atoms with van der Waals surface area (Å²) in [6.45, 7) is 0.115. The average Bonchev–Trinajstić information content (AvgIpc) is 0.905. The second kappa shape index (κ2) is 21.1. The number of rotatable bonds is 11. The van der Waals surface area contributed by atoms with Crippen molar-refractivity contribution in [2.75, 3.05) is 9.80 Å². The van der Waals surface area contributed by atoms with Gasteiger partial charge in [0.2, 0.25) is 0 Å². The molecule has 2 aromatic heterocycles. The fraction of sp³-hybridized carbons (Fsp3) is 0.0130. The van der Waals surface area contributed by atoms with Crippen LogP contribution < -0.4 is 26.2 Å². The number of carbonyl (C=O) groups excluding carboxylic acids is 1. The quantitative estimate of drug-likeness (QED) is 0.0943. The van der Waals surface area contributed by atoms with Crippen LogP contribution in [-0.4, -0.2) is 32.2 Å². The monoisotopic (exact) mass is 1100 g/mol. The highest BCUT2D eigenvalue weighted by atomic mass is 16.5. The highest BCUT2D eigenvalue weighted by Crippen LogP contribution is 2.49. The van der Waals surface area contributed by atoms with E-state index in [1.807, 2.05) is 109 Å². The number of nitrogens with zero attached hydrogens (tertiary/aromatic N) is 6. The Kier molecular flexibility index (Phi) is 12.3. The molecule has 2 aliphatic rings. The molecule has 0 atom stereocenters. The summed E-state index contributed by atoms with van der Waals surface area (Å²) >= 11 is 0. The summed E-state index contributed by atoms with van der Waals surface area (Å²) in [5, 5.41) is 1.89. The van der Waals surface area contributed by atoms with Gasteiger partial charge in [0.05, 0.1) is 28.0 Å². The number of fused-ring (bicyclic) bond motifs is 7. The van der Waals surface area contributed by atoms with Gasteiger partial charge in [-0.05, 0) is 112 Å². The molecular weight excluding hydrogens is 1050 g/mol. The molecule has 4 heterocycles. The van der Waals surface area contributed by atoms with Gasteiger partial charge in [0.15, 0.2) is 17.5 Å². The number of hydrogen-bond donors (Lipinski definition) is 0. The van der Waals surface area contributed by atoms with Crippen LogP contribution in [0.5, 0.6) is 0 Å². The number of aromatic nitrogens is 4. The maximum Gasteiger partial charge on any atom is 0.338 e. The van der Waals surface area contributed by atoms with Gasteiger partial charge >= 0.3 is 5.97 Å². The summed E-state index contributed by atoms with van der Waals surface area (Å²) in [5.41, 5.74) is 21.3. The lowest BCUT2D eigenvalue weighted by molar-refractivity contribution is 0.0473. The lowest BCUT2D eigenvalue weighted by Crippen LogP contribution is -2.61. The van der Waals surface area contributed by atoms with E-state index in [1.165, 1.54) is 22.1 Å². The fourth-order valence-corrected chi connectivity index (χ4v) is 13.0. The maximum atomic E-state index is 14.0. The van der Waals surface area contributed by atoms with E-state index >= 15 is 0 Å². The van der Waals surface area contributed by atoms with Crippen LogP contribution in [-0.2, 0) is 11.3 Å². The van der Waals surface area contributed by atoms with E-state index in [0.29, 0.717) is 23.0 Å². The van der Waals surface area contributed by atoms with Gasteiger partial charge in [0.25, 0.3) is 6.71 Å². The Labute approximate surface area is 498 Å². The van der Waals surface area contributed by atoms with Crippen molar-refractivity contribution in [2.45, 2.75) is 6.61 Å². The van der Waals surface area contributed by atoms with Gasteiger partial charge in [0, 0.05) is 67.0 Å². The van der Waals surface area contributed by atoms with E-state index in [4.69, 9.17) is 19.7 Å². The van der Waals surface area contributed by atoms with Gasteiger partial charge in [-0.25, -0.2) is 19.7 Å². The van der Waals surface area contributed by atoms with Crippen molar-refractivity contribution in [1.82, 2.24) is 19.5 Å². The summed E-state index contributed by atoms with van der Waals surface area (Å²) in [4.78, 5) is 34.8. The van der Waals surface area contributed by atoms with Crippen LogP contribution >= 0.6 is 0 Å². The zero-order valence-electron chi connectivity index (χ0n) is 46.6. The van der Waals surface area contributed by atoms with Crippen LogP contribution in [0, 0.1) is 0 Å². The van der Waals surface area contributed by atoms with Crippen molar-refractivity contribution in [1.29, 1.82) is 0 Å². The second-order valence-corrected chi connectivity index (χ2v) is 21.8. The molecule has 0 saturated carbocycles. The minimum atomic E-state index is -0.392. The standard InChI is InChI=1S/C77H51BN6O2/c85-77(86-50-51-24-6-1-7-25-51)56-44-46-67-63(49-56)61-36-16-19-41-66(61)84(67)72-59(37-23-38-62(72)76-80-74(52-26-8-2-9-27-52)79-75(81-76)53-28-10-3-11-29-53)54-30-22-31-55(48-54)60-45-47-70-71-73(60)83(58-34-14-5-15-35-58)69-43-21-18-40-65(69)78(71)64-39-17-20-42-68(64)82(70)57-32-12-4-13-33-57/h1-49H,50H2. The molecule has 8 nitrogen and oxygen atoms in total. The molecule has 16 rings (SSSR count). The van der Waals surface area contributed by atoms with Crippen molar-refractivity contribution in [3.63, 3.8) is 0 Å². The third kappa shape index (κ3) is 8.55. The molecule has 0 N–H and O–H groups in total. The fourth-order valence-electron chi connectivity index (χ4n) is 13.0. The second-order valence-electron chi connectivity index (χ2n) is 21.8. The average molecular weight is 1100 g/mol. The lowest BCUT2D eigenvalue weighted by Gasteiger charge is -2.45. The van der Waals surface area contributed by atoms with E-state index in [0.717, 1.165) is 100 Å². The molecular formula is C77H51BN6O2. The molecule has 12 aromatic carbocycles. The molecule has 0 aliphatic carbocycles. The molecule has 0 saturated heterocycles. The predicted octanol–water partition coefficient (Wildman–Crippen LogP) is 16.7. The molecule has 14 aromatic rings. The van der Waals surface area contributed by atoms with Gasteiger partial charge < -0.3 is 19.1 Å². The molecule has 86 heavy (non-hydrogen) atoms. The first-order valence-corrected chi connectivity index (χ1v) is 29.0. The van der Waals surface area contributed by atoms with E-state index in [1.54, 1.807) is 0 Å². The maximum absolute atomic E-state index is 14.0. The first kappa shape index (κ1) is 50.3. The van der Waals surface area contributed by atoms with Crippen molar-refractivity contribution in [2.24, 2.45) is 0 Å². The largest absolute Gasteiger partial charge is 0.457 e. The lowest BCUT2D eigenvalue weighted by atomic mass is 9.33. The Morgan fingerprint density at radius 1 is 0.372 bits per heavy atom.